The zero-order valence-corrected chi connectivity index (χ0v) is 20.4. The number of unbranched alkanes of at least 4 members (excludes halogenated alkanes) is 4. The summed E-state index contributed by atoms with van der Waals surface area (Å²) in [5, 5.41) is 3.00. The number of benzene rings is 1. The van der Waals surface area contributed by atoms with Crippen LogP contribution in [-0.4, -0.2) is 30.4 Å². The van der Waals surface area contributed by atoms with Crippen molar-refractivity contribution in [2.75, 3.05) is 25.0 Å². The molecule has 1 rings (SSSR count). The lowest BCUT2D eigenvalue weighted by molar-refractivity contribution is -0.117. The number of carbonyl (C=O) groups excluding carboxylic acids is 1. The molecule has 0 saturated heterocycles. The number of rotatable bonds is 9. The molecule has 28 heavy (non-hydrogen) atoms. The lowest BCUT2D eigenvalue weighted by Gasteiger charge is -2.18. The van der Waals surface area contributed by atoms with Crippen molar-refractivity contribution in [3.8, 4) is 0 Å². The molecule has 1 amide bonds. The van der Waals surface area contributed by atoms with Gasteiger partial charge in [-0.2, -0.15) is 0 Å². The van der Waals surface area contributed by atoms with Crippen molar-refractivity contribution in [2.45, 2.75) is 73.6 Å². The minimum atomic E-state index is 0. The van der Waals surface area contributed by atoms with Gasteiger partial charge in [0.05, 0.1) is 6.54 Å². The summed E-state index contributed by atoms with van der Waals surface area (Å²) in [5.41, 5.74) is 4.39. The van der Waals surface area contributed by atoms with Crippen LogP contribution in [0.5, 0.6) is 0 Å². The summed E-state index contributed by atoms with van der Waals surface area (Å²) in [5.74, 6) is 0.0612. The van der Waals surface area contributed by atoms with Crippen LogP contribution in [0.4, 0.5) is 5.69 Å². The van der Waals surface area contributed by atoms with Crippen LogP contribution < -0.4 is 5.32 Å². The summed E-state index contributed by atoms with van der Waals surface area (Å²) >= 11 is 4.76. The molecule has 0 aromatic heterocycles. The molecule has 0 fully saturated rings. The standard InChI is InChI=1S/C14H22N2O.C7H16.C2H3Cl.ClH/c1-5-16(6-2)10-13(17)15-14-11(3)8-7-9-12(14)4;1-3-5-7-6-4-2;1-2-3;/h7-9H,5-6,10H2,1-4H3,(H,15,17);3-7H2,1-2H3;2H,1H2;1H. The third kappa shape index (κ3) is 17.1. The molecule has 0 radical (unpaired) electrons. The molecule has 0 spiro atoms. The summed E-state index contributed by atoms with van der Waals surface area (Å²) < 4.78 is 0. The van der Waals surface area contributed by atoms with E-state index >= 15 is 0 Å². The fraction of sp³-hybridized carbons (Fsp3) is 0.609. The zero-order valence-electron chi connectivity index (χ0n) is 18.8. The SMILES string of the molecule is C=CCl.CCCCCCC.CCN(CC)CC(=O)Nc1c(C)cccc1C.Cl. The van der Waals surface area contributed by atoms with E-state index in [0.29, 0.717) is 6.54 Å². The maximum absolute atomic E-state index is 11.9. The number of halogens is 2. The smallest absolute Gasteiger partial charge is 0.238 e. The number of hydrogen-bond acceptors (Lipinski definition) is 2. The van der Waals surface area contributed by atoms with E-state index in [2.05, 4.69) is 44.5 Å². The molecular formula is C23H42Cl2N2O. The van der Waals surface area contributed by atoms with Gasteiger partial charge in [0.15, 0.2) is 0 Å². The first-order chi connectivity index (χ1) is 12.9. The molecule has 0 atom stereocenters. The van der Waals surface area contributed by atoms with Gasteiger partial charge in [0, 0.05) is 5.69 Å². The molecule has 5 heteroatoms. The summed E-state index contributed by atoms with van der Waals surface area (Å²) in [6.07, 6.45) is 7.01. The van der Waals surface area contributed by atoms with Crippen molar-refractivity contribution >= 4 is 35.6 Å². The largest absolute Gasteiger partial charge is 0.324 e. The van der Waals surface area contributed by atoms with Gasteiger partial charge in [0.2, 0.25) is 5.91 Å². The Morgan fingerprint density at radius 3 is 1.82 bits per heavy atom. The minimum Gasteiger partial charge on any atom is -0.324 e. The molecule has 1 aromatic rings. The molecule has 0 bridgehead atoms. The average molecular weight is 434 g/mol. The Bertz CT molecular complexity index is 479. The fourth-order valence-electron chi connectivity index (χ4n) is 2.52. The van der Waals surface area contributed by atoms with Gasteiger partial charge < -0.3 is 5.32 Å². The first kappa shape index (κ1) is 31.7. The first-order valence-electron chi connectivity index (χ1n) is 10.2. The highest BCUT2D eigenvalue weighted by atomic mass is 35.5. The molecule has 0 heterocycles. The van der Waals surface area contributed by atoms with E-state index in [0.717, 1.165) is 29.9 Å². The topological polar surface area (TPSA) is 32.3 Å². The van der Waals surface area contributed by atoms with Gasteiger partial charge in [0.25, 0.3) is 0 Å². The van der Waals surface area contributed by atoms with E-state index in [1.54, 1.807) is 0 Å². The molecule has 0 aliphatic heterocycles. The van der Waals surface area contributed by atoms with Crippen LogP contribution in [0.3, 0.4) is 0 Å². The number of nitrogens with one attached hydrogen (secondary N) is 1. The van der Waals surface area contributed by atoms with Crippen LogP contribution in [0.2, 0.25) is 0 Å². The second kappa shape index (κ2) is 22.3. The number of aryl methyl sites for hydroxylation is 2. The molecule has 0 saturated carbocycles. The summed E-state index contributed by atoms with van der Waals surface area (Å²) in [6, 6.07) is 6.03. The first-order valence-corrected chi connectivity index (χ1v) is 10.6. The number of carbonyl (C=O) groups is 1. The van der Waals surface area contributed by atoms with Crippen LogP contribution >= 0.6 is 24.0 Å². The molecule has 1 N–H and O–H groups in total. The van der Waals surface area contributed by atoms with Crippen LogP contribution in [0.15, 0.2) is 30.3 Å². The van der Waals surface area contributed by atoms with E-state index in [4.69, 9.17) is 11.6 Å². The number of likely N-dealkylation sites (N-methyl/N-ethyl adjacent to an activating group) is 1. The number of nitrogens with zero attached hydrogens (tertiary/aromatic N) is 1. The highest BCUT2D eigenvalue weighted by molar-refractivity contribution is 6.25. The zero-order chi connectivity index (χ0) is 21.1. The third-order valence-electron chi connectivity index (χ3n) is 4.21. The maximum atomic E-state index is 11.9. The predicted molar refractivity (Wildman–Crippen MR) is 130 cm³/mol. The van der Waals surface area contributed by atoms with E-state index in [1.807, 2.05) is 32.0 Å². The van der Waals surface area contributed by atoms with E-state index in [1.165, 1.54) is 37.6 Å². The Balaban J connectivity index is -0.000000478. The van der Waals surface area contributed by atoms with Gasteiger partial charge >= 0.3 is 0 Å². The molecule has 164 valence electrons. The average Bonchev–Trinajstić information content (AvgIpc) is 2.64. The van der Waals surface area contributed by atoms with Crippen LogP contribution in [0.1, 0.15) is 70.9 Å². The number of hydrogen-bond donors (Lipinski definition) is 1. The molecule has 3 nitrogen and oxygen atoms in total. The summed E-state index contributed by atoms with van der Waals surface area (Å²) in [7, 11) is 0. The fourth-order valence-corrected chi connectivity index (χ4v) is 2.52. The Morgan fingerprint density at radius 1 is 1.04 bits per heavy atom. The number of anilines is 1. The van der Waals surface area contributed by atoms with Crippen LogP contribution in [0.25, 0.3) is 0 Å². The van der Waals surface area contributed by atoms with Gasteiger partial charge in [-0.15, -0.1) is 12.4 Å². The van der Waals surface area contributed by atoms with Crippen molar-refractivity contribution in [2.24, 2.45) is 0 Å². The van der Waals surface area contributed by atoms with Crippen molar-refractivity contribution in [1.29, 1.82) is 0 Å². The van der Waals surface area contributed by atoms with E-state index < -0.39 is 0 Å². The van der Waals surface area contributed by atoms with E-state index in [9.17, 15) is 4.79 Å². The summed E-state index contributed by atoms with van der Waals surface area (Å²) in [4.78, 5) is 14.0. The lowest BCUT2D eigenvalue weighted by atomic mass is 10.1. The van der Waals surface area contributed by atoms with Crippen molar-refractivity contribution in [1.82, 2.24) is 4.90 Å². The quantitative estimate of drug-likeness (QED) is 0.413. The Kier molecular flexibility index (Phi) is 25.2. The van der Waals surface area contributed by atoms with Crippen molar-refractivity contribution in [3.05, 3.63) is 41.4 Å². The Labute approximate surface area is 185 Å². The van der Waals surface area contributed by atoms with Gasteiger partial charge in [-0.1, -0.05) is 96.2 Å². The second-order valence-electron chi connectivity index (χ2n) is 6.49. The monoisotopic (exact) mass is 432 g/mol. The molecule has 1 aromatic carbocycles. The third-order valence-corrected chi connectivity index (χ3v) is 4.21. The lowest BCUT2D eigenvalue weighted by Crippen LogP contribution is -2.33. The molecular weight excluding hydrogens is 391 g/mol. The number of amides is 1. The van der Waals surface area contributed by atoms with Crippen LogP contribution in [-0.2, 0) is 4.79 Å². The molecule has 0 aliphatic rings. The Morgan fingerprint density at radius 2 is 1.46 bits per heavy atom. The highest BCUT2D eigenvalue weighted by Gasteiger charge is 2.09. The van der Waals surface area contributed by atoms with Gasteiger partial charge in [-0.3, -0.25) is 9.69 Å². The van der Waals surface area contributed by atoms with Crippen LogP contribution in [0, 0.1) is 13.8 Å². The van der Waals surface area contributed by atoms with E-state index in [-0.39, 0.29) is 18.3 Å². The maximum Gasteiger partial charge on any atom is 0.238 e. The highest BCUT2D eigenvalue weighted by Crippen LogP contribution is 2.19. The van der Waals surface area contributed by atoms with Crippen molar-refractivity contribution < 1.29 is 4.79 Å². The van der Waals surface area contributed by atoms with Crippen molar-refractivity contribution in [3.63, 3.8) is 0 Å². The van der Waals surface area contributed by atoms with Gasteiger partial charge in [-0.25, -0.2) is 0 Å². The van der Waals surface area contributed by atoms with Gasteiger partial charge in [0.1, 0.15) is 0 Å². The normalized spacial score (nSPS) is 9.29. The second-order valence-corrected chi connectivity index (χ2v) is 6.80. The molecule has 0 unspecified atom stereocenters. The molecule has 0 aliphatic carbocycles. The predicted octanol–water partition coefficient (Wildman–Crippen LogP) is 7.35. The number of para-hydroxylation sites is 1. The minimum absolute atomic E-state index is 0. The summed E-state index contributed by atoms with van der Waals surface area (Å²) in [6.45, 7) is 18.0. The Hall–Kier alpha value is -1.03. The van der Waals surface area contributed by atoms with Gasteiger partial charge in [-0.05, 0) is 43.6 Å².